The molecule has 7 nitrogen and oxygen atoms in total. The number of hydrogen-bond donors (Lipinski definition) is 2. The highest BCUT2D eigenvalue weighted by Gasteiger charge is 2.32. The van der Waals surface area contributed by atoms with Gasteiger partial charge < -0.3 is 15.2 Å². The number of benzene rings is 1. The number of fused-ring (bicyclic) bond motifs is 2. The van der Waals surface area contributed by atoms with Crippen molar-refractivity contribution >= 4 is 28.4 Å². The minimum atomic E-state index is -0.750. The minimum Gasteiger partial charge on any atom is -0.349 e. The molecule has 1 atom stereocenters. The number of aromatic amines is 1. The number of carbonyl (C=O) groups excluding carboxylic acids is 2. The van der Waals surface area contributed by atoms with E-state index in [4.69, 9.17) is 5.26 Å². The molecule has 0 aliphatic carbocycles. The number of aromatic nitrogens is 2. The third-order valence-corrected chi connectivity index (χ3v) is 4.63. The van der Waals surface area contributed by atoms with Crippen molar-refractivity contribution in [2.24, 2.45) is 0 Å². The summed E-state index contributed by atoms with van der Waals surface area (Å²) in [6, 6.07) is 8.63. The molecule has 8 heteroatoms. The Morgan fingerprint density at radius 2 is 2.22 bits per heavy atom. The van der Waals surface area contributed by atoms with Crippen LogP contribution < -0.4 is 10.2 Å². The number of halogens is 1. The lowest BCUT2D eigenvalue weighted by Gasteiger charge is -2.31. The number of likely N-dealkylation sites (N-methyl/N-ethyl adjacent to an activating group) is 1. The maximum atomic E-state index is 13.4. The van der Waals surface area contributed by atoms with Gasteiger partial charge in [0.1, 0.15) is 29.3 Å². The molecular weight excluding hydrogens is 349 g/mol. The van der Waals surface area contributed by atoms with Gasteiger partial charge in [0.05, 0.1) is 11.7 Å². The van der Waals surface area contributed by atoms with E-state index in [1.54, 1.807) is 25.2 Å². The van der Waals surface area contributed by atoms with Gasteiger partial charge in [-0.2, -0.15) is 5.26 Å². The van der Waals surface area contributed by atoms with E-state index < -0.39 is 17.8 Å². The van der Waals surface area contributed by atoms with Crippen LogP contribution in [0.15, 0.2) is 36.5 Å². The van der Waals surface area contributed by atoms with Gasteiger partial charge in [-0.25, -0.2) is 9.37 Å². The van der Waals surface area contributed by atoms with E-state index in [2.05, 4.69) is 15.3 Å². The van der Waals surface area contributed by atoms with Gasteiger partial charge in [-0.15, -0.1) is 0 Å². The first-order valence-electron chi connectivity index (χ1n) is 8.22. The number of nitriles is 1. The monoisotopic (exact) mass is 363 g/mol. The first kappa shape index (κ1) is 16.7. The van der Waals surface area contributed by atoms with Crippen LogP contribution >= 0.6 is 0 Å². The highest BCUT2D eigenvalue weighted by molar-refractivity contribution is 6.04. The van der Waals surface area contributed by atoms with Crippen molar-refractivity contribution in [1.82, 2.24) is 15.3 Å². The summed E-state index contributed by atoms with van der Waals surface area (Å²) in [7, 11) is 1.55. The molecule has 27 heavy (non-hydrogen) atoms. The molecule has 2 N–H and O–H groups in total. The molecule has 1 aromatic carbocycles. The number of H-pyrrole nitrogens is 1. The number of hydrogen-bond acceptors (Lipinski definition) is 4. The molecule has 3 heterocycles. The normalized spacial score (nSPS) is 16.1. The highest BCUT2D eigenvalue weighted by atomic mass is 19.1. The third-order valence-electron chi connectivity index (χ3n) is 4.63. The van der Waals surface area contributed by atoms with Crippen molar-refractivity contribution < 1.29 is 14.0 Å². The average molecular weight is 363 g/mol. The maximum Gasteiger partial charge on any atom is 0.268 e. The van der Waals surface area contributed by atoms with Gasteiger partial charge in [0, 0.05) is 24.5 Å². The van der Waals surface area contributed by atoms with Crippen LogP contribution in [0.25, 0.3) is 10.9 Å². The first-order valence-corrected chi connectivity index (χ1v) is 8.22. The SMILES string of the molecule is CN1C(=O)[C@@H](NC(=O)c2cc3cc(C#N)ncc3[nH]2)Cc2ccc(F)cc21. The van der Waals surface area contributed by atoms with E-state index in [1.165, 1.54) is 23.2 Å². The summed E-state index contributed by atoms with van der Waals surface area (Å²) in [5.74, 6) is -1.17. The van der Waals surface area contributed by atoms with E-state index in [0.717, 1.165) is 5.56 Å². The fourth-order valence-corrected chi connectivity index (χ4v) is 3.25. The Labute approximate surface area is 153 Å². The Balaban J connectivity index is 1.58. The molecule has 0 fully saturated rings. The molecule has 134 valence electrons. The van der Waals surface area contributed by atoms with Crippen molar-refractivity contribution in [1.29, 1.82) is 5.26 Å². The van der Waals surface area contributed by atoms with E-state index >= 15 is 0 Å². The average Bonchev–Trinajstić information content (AvgIpc) is 3.09. The van der Waals surface area contributed by atoms with Crippen LogP contribution in [0.2, 0.25) is 0 Å². The summed E-state index contributed by atoms with van der Waals surface area (Å²) >= 11 is 0. The van der Waals surface area contributed by atoms with E-state index in [-0.39, 0.29) is 23.7 Å². The quantitative estimate of drug-likeness (QED) is 0.726. The van der Waals surface area contributed by atoms with Gasteiger partial charge >= 0.3 is 0 Å². The fourth-order valence-electron chi connectivity index (χ4n) is 3.25. The van der Waals surface area contributed by atoms with Crippen molar-refractivity contribution in [3.63, 3.8) is 0 Å². The van der Waals surface area contributed by atoms with Crippen LogP contribution in [0.1, 0.15) is 21.7 Å². The predicted octanol–water partition coefficient (Wildman–Crippen LogP) is 1.89. The largest absolute Gasteiger partial charge is 0.349 e. The highest BCUT2D eigenvalue weighted by Crippen LogP contribution is 2.27. The molecule has 1 aliphatic rings. The zero-order valence-electron chi connectivity index (χ0n) is 14.3. The Kier molecular flexibility index (Phi) is 3.85. The number of pyridine rings is 1. The molecular formula is C19H14FN5O2. The predicted molar refractivity (Wildman–Crippen MR) is 95.6 cm³/mol. The Morgan fingerprint density at radius 3 is 3.00 bits per heavy atom. The number of rotatable bonds is 2. The molecule has 3 aromatic rings. The van der Waals surface area contributed by atoms with Gasteiger partial charge in [-0.3, -0.25) is 9.59 Å². The molecule has 4 rings (SSSR count). The number of carbonyl (C=O) groups is 2. The molecule has 2 aromatic heterocycles. The smallest absolute Gasteiger partial charge is 0.268 e. The molecule has 2 amide bonds. The Hall–Kier alpha value is -3.73. The second-order valence-electron chi connectivity index (χ2n) is 6.35. The lowest BCUT2D eigenvalue weighted by atomic mass is 9.97. The standard InChI is InChI=1S/C19H14FN5O2/c1-25-17-7-12(20)3-2-10(17)5-15(19(25)27)24-18(26)14-6-11-4-13(8-21)22-9-16(11)23-14/h2-4,6-7,9,15,23H,5H2,1H3,(H,24,26)/t15-/m0/s1. The summed E-state index contributed by atoms with van der Waals surface area (Å²) in [5.41, 5.74) is 2.42. The number of amides is 2. The zero-order valence-corrected chi connectivity index (χ0v) is 14.3. The van der Waals surface area contributed by atoms with Crippen LogP contribution in [-0.2, 0) is 11.2 Å². The molecule has 1 aliphatic heterocycles. The summed E-state index contributed by atoms with van der Waals surface area (Å²) in [6.07, 6.45) is 1.76. The van der Waals surface area contributed by atoms with E-state index in [9.17, 15) is 14.0 Å². The van der Waals surface area contributed by atoms with Gasteiger partial charge in [-0.05, 0) is 29.8 Å². The van der Waals surface area contributed by atoms with Crippen LogP contribution in [-0.4, -0.2) is 34.9 Å². The molecule has 0 spiro atoms. The van der Waals surface area contributed by atoms with Crippen LogP contribution in [0, 0.1) is 17.1 Å². The number of anilines is 1. The Bertz CT molecular complexity index is 1130. The lowest BCUT2D eigenvalue weighted by Crippen LogP contribution is -2.51. The van der Waals surface area contributed by atoms with Crippen LogP contribution in [0.5, 0.6) is 0 Å². The Morgan fingerprint density at radius 1 is 1.41 bits per heavy atom. The minimum absolute atomic E-state index is 0.251. The van der Waals surface area contributed by atoms with Crippen molar-refractivity contribution in [2.45, 2.75) is 12.5 Å². The molecule has 0 saturated heterocycles. The zero-order chi connectivity index (χ0) is 19.1. The summed E-state index contributed by atoms with van der Waals surface area (Å²) in [4.78, 5) is 33.4. The number of nitrogens with one attached hydrogen (secondary N) is 2. The molecule has 0 unspecified atom stereocenters. The van der Waals surface area contributed by atoms with Gasteiger partial charge in [-0.1, -0.05) is 6.07 Å². The van der Waals surface area contributed by atoms with Crippen molar-refractivity contribution in [3.05, 3.63) is 59.3 Å². The third kappa shape index (κ3) is 2.89. The summed E-state index contributed by atoms with van der Waals surface area (Å²) in [6.45, 7) is 0. The second kappa shape index (κ2) is 6.21. The fraction of sp³-hybridized carbons (Fsp3) is 0.158. The van der Waals surface area contributed by atoms with E-state index in [0.29, 0.717) is 16.6 Å². The van der Waals surface area contributed by atoms with Gasteiger partial charge in [0.2, 0.25) is 5.91 Å². The van der Waals surface area contributed by atoms with Gasteiger partial charge in [0.25, 0.3) is 5.91 Å². The molecule has 0 bridgehead atoms. The number of nitrogens with zero attached hydrogens (tertiary/aromatic N) is 3. The van der Waals surface area contributed by atoms with Crippen LogP contribution in [0.4, 0.5) is 10.1 Å². The van der Waals surface area contributed by atoms with Crippen molar-refractivity contribution in [3.8, 4) is 6.07 Å². The summed E-state index contributed by atoms with van der Waals surface area (Å²) < 4.78 is 13.4. The topological polar surface area (TPSA) is 102 Å². The molecule has 0 saturated carbocycles. The summed E-state index contributed by atoms with van der Waals surface area (Å²) in [5, 5.41) is 12.3. The first-order chi connectivity index (χ1) is 13.0. The maximum absolute atomic E-state index is 13.4. The van der Waals surface area contributed by atoms with Crippen molar-refractivity contribution in [2.75, 3.05) is 11.9 Å². The molecule has 0 radical (unpaired) electrons. The second-order valence-corrected chi connectivity index (χ2v) is 6.35. The lowest BCUT2D eigenvalue weighted by molar-refractivity contribution is -0.120. The van der Waals surface area contributed by atoms with Crippen LogP contribution in [0.3, 0.4) is 0 Å². The van der Waals surface area contributed by atoms with E-state index in [1.807, 2.05) is 6.07 Å². The van der Waals surface area contributed by atoms with Gasteiger partial charge in [0.15, 0.2) is 0 Å².